The Hall–Kier alpha value is -2.83. The Bertz CT molecular complexity index is 1120. The molecule has 2 aliphatic rings. The van der Waals surface area contributed by atoms with Crippen LogP contribution in [0, 0.1) is 0 Å². The number of hydrogen-bond donors (Lipinski definition) is 1. The average molecular weight is 480 g/mol. The van der Waals surface area contributed by atoms with Gasteiger partial charge in [0.25, 0.3) is 5.91 Å². The number of carbonyl (C=O) groups is 1. The van der Waals surface area contributed by atoms with Gasteiger partial charge in [0, 0.05) is 29.3 Å². The SMILES string of the molecule is CCCCCOc1ccc(C2c3c(-c4ccc(Cl)cc4)n[nH]c3C(=O)N2CC2CCCO2)cc1. The summed E-state index contributed by atoms with van der Waals surface area (Å²) in [6, 6.07) is 15.4. The van der Waals surface area contributed by atoms with Crippen LogP contribution >= 0.6 is 11.6 Å². The molecule has 0 bridgehead atoms. The van der Waals surface area contributed by atoms with Crippen LogP contribution in [0.15, 0.2) is 48.5 Å². The highest BCUT2D eigenvalue weighted by molar-refractivity contribution is 6.30. The molecule has 0 aliphatic carbocycles. The van der Waals surface area contributed by atoms with Crippen molar-refractivity contribution in [3.63, 3.8) is 0 Å². The predicted octanol–water partition coefficient (Wildman–Crippen LogP) is 6.02. The Balaban J connectivity index is 1.48. The fourth-order valence-corrected chi connectivity index (χ4v) is 4.98. The second-order valence-electron chi connectivity index (χ2n) is 8.99. The van der Waals surface area contributed by atoms with Crippen LogP contribution in [0.4, 0.5) is 0 Å². The topological polar surface area (TPSA) is 67.5 Å². The molecule has 3 aromatic rings. The van der Waals surface area contributed by atoms with Gasteiger partial charge in [0.2, 0.25) is 0 Å². The molecule has 1 saturated heterocycles. The summed E-state index contributed by atoms with van der Waals surface area (Å²) < 4.78 is 11.8. The molecule has 6 nitrogen and oxygen atoms in total. The Kier molecular flexibility index (Phi) is 6.88. The van der Waals surface area contributed by atoms with Crippen LogP contribution in [0.2, 0.25) is 5.02 Å². The maximum Gasteiger partial charge on any atom is 0.273 e. The summed E-state index contributed by atoms with van der Waals surface area (Å²) in [5.74, 6) is 0.809. The number of aromatic amines is 1. The third kappa shape index (κ3) is 4.57. The summed E-state index contributed by atoms with van der Waals surface area (Å²) in [6.07, 6.45) is 5.44. The molecule has 0 radical (unpaired) electrons. The molecule has 2 aliphatic heterocycles. The molecular formula is C27H30ClN3O3. The summed E-state index contributed by atoms with van der Waals surface area (Å²) in [5.41, 5.74) is 4.19. The monoisotopic (exact) mass is 479 g/mol. The number of H-pyrrole nitrogens is 1. The first-order valence-corrected chi connectivity index (χ1v) is 12.5. The van der Waals surface area contributed by atoms with E-state index in [1.807, 2.05) is 41.3 Å². The van der Waals surface area contributed by atoms with E-state index in [9.17, 15) is 4.79 Å². The molecule has 7 heteroatoms. The zero-order chi connectivity index (χ0) is 23.5. The van der Waals surface area contributed by atoms with Crippen molar-refractivity contribution in [1.82, 2.24) is 15.1 Å². The Labute approximate surface area is 205 Å². The van der Waals surface area contributed by atoms with Gasteiger partial charge in [0.1, 0.15) is 11.4 Å². The van der Waals surface area contributed by atoms with Crippen molar-refractivity contribution in [2.75, 3.05) is 19.8 Å². The minimum absolute atomic E-state index is 0.0388. The van der Waals surface area contributed by atoms with E-state index in [4.69, 9.17) is 21.1 Å². The Morgan fingerprint density at radius 3 is 2.65 bits per heavy atom. The number of rotatable bonds is 9. The third-order valence-corrected chi connectivity index (χ3v) is 6.87. The second kappa shape index (κ2) is 10.2. The zero-order valence-electron chi connectivity index (χ0n) is 19.4. The summed E-state index contributed by atoms with van der Waals surface area (Å²) in [6.45, 7) is 4.21. The van der Waals surface area contributed by atoms with Crippen LogP contribution in [0.5, 0.6) is 5.75 Å². The number of fused-ring (bicyclic) bond motifs is 1. The highest BCUT2D eigenvalue weighted by Crippen LogP contribution is 2.43. The van der Waals surface area contributed by atoms with E-state index in [1.165, 1.54) is 6.42 Å². The largest absolute Gasteiger partial charge is 0.494 e. The van der Waals surface area contributed by atoms with Crippen LogP contribution < -0.4 is 4.74 Å². The Morgan fingerprint density at radius 2 is 1.94 bits per heavy atom. The molecule has 1 aromatic heterocycles. The first-order chi connectivity index (χ1) is 16.7. The molecule has 2 aromatic carbocycles. The molecule has 1 amide bonds. The lowest BCUT2D eigenvalue weighted by molar-refractivity contribution is 0.0495. The van der Waals surface area contributed by atoms with Gasteiger partial charge in [-0.1, -0.05) is 55.6 Å². The van der Waals surface area contributed by atoms with E-state index in [-0.39, 0.29) is 18.1 Å². The standard InChI is InChI=1S/C27H30ClN3O3/c1-2-3-4-15-33-21-13-9-19(10-14-21)26-23-24(18-7-11-20(28)12-8-18)29-30-25(23)27(32)31(26)17-22-6-5-16-34-22/h7-14,22,26H,2-6,15-17H2,1H3,(H,29,30). The van der Waals surface area contributed by atoms with Crippen LogP contribution in [0.3, 0.4) is 0 Å². The second-order valence-corrected chi connectivity index (χ2v) is 9.42. The summed E-state index contributed by atoms with van der Waals surface area (Å²) >= 11 is 6.11. The number of nitrogens with zero attached hydrogens (tertiary/aromatic N) is 2. The van der Waals surface area contributed by atoms with Crippen LogP contribution in [0.1, 0.15) is 66.7 Å². The van der Waals surface area contributed by atoms with Gasteiger partial charge in [0.15, 0.2) is 0 Å². The van der Waals surface area contributed by atoms with Crippen LogP contribution in [0.25, 0.3) is 11.3 Å². The van der Waals surface area contributed by atoms with Crippen LogP contribution in [-0.2, 0) is 4.74 Å². The molecule has 5 rings (SSSR count). The van der Waals surface area contributed by atoms with Crippen molar-refractivity contribution >= 4 is 17.5 Å². The first-order valence-electron chi connectivity index (χ1n) is 12.1. The van der Waals surface area contributed by atoms with E-state index in [2.05, 4.69) is 29.3 Å². The van der Waals surface area contributed by atoms with E-state index < -0.39 is 0 Å². The highest BCUT2D eigenvalue weighted by atomic mass is 35.5. The number of ether oxygens (including phenoxy) is 2. The molecule has 0 spiro atoms. The molecule has 34 heavy (non-hydrogen) atoms. The quantitative estimate of drug-likeness (QED) is 0.381. The number of aromatic nitrogens is 2. The van der Waals surface area contributed by atoms with E-state index in [0.717, 1.165) is 60.4 Å². The summed E-state index contributed by atoms with van der Waals surface area (Å²) in [4.78, 5) is 15.4. The van der Waals surface area contributed by atoms with Crippen molar-refractivity contribution in [2.24, 2.45) is 0 Å². The number of amides is 1. The molecule has 3 heterocycles. The van der Waals surface area contributed by atoms with Gasteiger partial charge in [-0.3, -0.25) is 9.89 Å². The molecule has 2 unspecified atom stereocenters. The molecule has 0 saturated carbocycles. The molecular weight excluding hydrogens is 450 g/mol. The van der Waals surface area contributed by atoms with Crippen molar-refractivity contribution in [3.8, 4) is 17.0 Å². The number of benzene rings is 2. The number of halogens is 1. The smallest absolute Gasteiger partial charge is 0.273 e. The highest BCUT2D eigenvalue weighted by Gasteiger charge is 2.43. The van der Waals surface area contributed by atoms with E-state index in [0.29, 0.717) is 23.9 Å². The van der Waals surface area contributed by atoms with Gasteiger partial charge in [-0.2, -0.15) is 5.10 Å². The van der Waals surface area contributed by atoms with Gasteiger partial charge >= 0.3 is 0 Å². The number of carbonyl (C=O) groups excluding carboxylic acids is 1. The number of unbranched alkanes of at least 4 members (excludes halogenated alkanes) is 2. The lowest BCUT2D eigenvalue weighted by Crippen LogP contribution is -2.36. The minimum Gasteiger partial charge on any atom is -0.494 e. The lowest BCUT2D eigenvalue weighted by Gasteiger charge is -2.28. The third-order valence-electron chi connectivity index (χ3n) is 6.62. The summed E-state index contributed by atoms with van der Waals surface area (Å²) in [5, 5.41) is 8.21. The number of nitrogens with one attached hydrogen (secondary N) is 1. The Morgan fingerprint density at radius 1 is 1.15 bits per heavy atom. The van der Waals surface area contributed by atoms with Gasteiger partial charge in [-0.05, 0) is 49.1 Å². The lowest BCUT2D eigenvalue weighted by atomic mass is 9.96. The van der Waals surface area contributed by atoms with Gasteiger partial charge in [-0.25, -0.2) is 0 Å². The van der Waals surface area contributed by atoms with Crippen LogP contribution in [-0.4, -0.2) is 46.9 Å². The number of hydrogen-bond acceptors (Lipinski definition) is 4. The molecule has 1 N–H and O–H groups in total. The average Bonchev–Trinajstić information content (AvgIpc) is 3.58. The van der Waals surface area contributed by atoms with Crippen molar-refractivity contribution in [2.45, 2.75) is 51.2 Å². The normalized spacial score (nSPS) is 19.6. The maximum atomic E-state index is 13.5. The molecule has 2 atom stereocenters. The minimum atomic E-state index is -0.245. The zero-order valence-corrected chi connectivity index (χ0v) is 20.2. The first kappa shape index (κ1) is 22.9. The molecule has 1 fully saturated rings. The van der Waals surface area contributed by atoms with Crippen molar-refractivity contribution in [3.05, 3.63) is 70.4 Å². The van der Waals surface area contributed by atoms with Crippen molar-refractivity contribution in [1.29, 1.82) is 0 Å². The van der Waals surface area contributed by atoms with E-state index in [1.54, 1.807) is 0 Å². The van der Waals surface area contributed by atoms with E-state index >= 15 is 0 Å². The fourth-order valence-electron chi connectivity index (χ4n) is 4.86. The molecule has 178 valence electrons. The summed E-state index contributed by atoms with van der Waals surface area (Å²) in [7, 11) is 0. The van der Waals surface area contributed by atoms with Gasteiger partial charge in [0.05, 0.1) is 24.4 Å². The van der Waals surface area contributed by atoms with Crippen molar-refractivity contribution < 1.29 is 14.3 Å². The fraction of sp³-hybridized carbons (Fsp3) is 0.407. The van der Waals surface area contributed by atoms with Gasteiger partial charge < -0.3 is 14.4 Å². The predicted molar refractivity (Wildman–Crippen MR) is 132 cm³/mol. The van der Waals surface area contributed by atoms with Gasteiger partial charge in [-0.15, -0.1) is 0 Å². The maximum absolute atomic E-state index is 13.5.